The zero-order chi connectivity index (χ0) is 13.0. The molecule has 5 nitrogen and oxygen atoms in total. The van der Waals surface area contributed by atoms with Crippen LogP contribution < -0.4 is 0 Å². The Morgan fingerprint density at radius 3 is 2.47 bits per heavy atom. The molecule has 1 aromatic carbocycles. The van der Waals surface area contributed by atoms with Crippen LogP contribution in [0.3, 0.4) is 0 Å². The van der Waals surface area contributed by atoms with E-state index in [2.05, 4.69) is 0 Å². The average molecular weight is 235 g/mol. The number of nitrogens with zero attached hydrogens (tertiary/aromatic N) is 1. The number of nitro groups is 1. The fourth-order valence-electron chi connectivity index (χ4n) is 1.37. The van der Waals surface area contributed by atoms with Crippen LogP contribution >= 0.6 is 0 Å². The lowest BCUT2D eigenvalue weighted by atomic mass is 9.95. The maximum absolute atomic E-state index is 11.8. The van der Waals surface area contributed by atoms with Crippen molar-refractivity contribution in [1.82, 2.24) is 0 Å². The Bertz CT molecular complexity index is 467. The highest BCUT2D eigenvalue weighted by atomic mass is 16.6. The van der Waals surface area contributed by atoms with Crippen molar-refractivity contribution in [2.75, 3.05) is 0 Å². The number of benzene rings is 1. The number of para-hydroxylation sites is 1. The summed E-state index contributed by atoms with van der Waals surface area (Å²) in [6.45, 7) is 3.42. The lowest BCUT2D eigenvalue weighted by molar-refractivity contribution is -0.385. The monoisotopic (exact) mass is 235 g/mol. The Morgan fingerprint density at radius 2 is 1.94 bits per heavy atom. The third kappa shape index (κ3) is 2.75. The minimum Gasteiger partial charge on any atom is -0.290 e. The normalized spacial score (nSPS) is 11.9. The number of carbonyl (C=O) groups is 2. The molecule has 90 valence electrons. The minimum absolute atomic E-state index is 0.136. The van der Waals surface area contributed by atoms with Crippen LogP contribution in [-0.2, 0) is 4.79 Å². The van der Waals surface area contributed by atoms with E-state index in [0.29, 0.717) is 6.42 Å². The Kier molecular flexibility index (Phi) is 4.09. The van der Waals surface area contributed by atoms with Crippen LogP contribution in [0, 0.1) is 16.0 Å². The van der Waals surface area contributed by atoms with Gasteiger partial charge in [-0.2, -0.15) is 0 Å². The number of carbonyl (C=O) groups excluding carboxylic acids is 2. The molecule has 17 heavy (non-hydrogen) atoms. The molecule has 1 rings (SSSR count). The van der Waals surface area contributed by atoms with E-state index in [1.54, 1.807) is 13.8 Å². The average Bonchev–Trinajstić information content (AvgIpc) is 2.35. The van der Waals surface area contributed by atoms with E-state index in [-0.39, 0.29) is 11.3 Å². The summed E-state index contributed by atoms with van der Waals surface area (Å²) < 4.78 is 0. The standard InChI is InChI=1S/C12H13NO4/c1-3-8(2)11(14)12(15)9-6-4-5-7-10(9)13(16)17/h4-8H,3H2,1-2H3. The Hall–Kier alpha value is -2.04. The van der Waals surface area contributed by atoms with Gasteiger partial charge in [-0.1, -0.05) is 26.0 Å². The molecule has 0 aromatic heterocycles. The highest BCUT2D eigenvalue weighted by Crippen LogP contribution is 2.20. The van der Waals surface area contributed by atoms with Gasteiger partial charge in [-0.05, 0) is 12.5 Å². The Balaban J connectivity index is 3.13. The maximum Gasteiger partial charge on any atom is 0.280 e. The number of hydrogen-bond donors (Lipinski definition) is 0. The van der Waals surface area contributed by atoms with E-state index >= 15 is 0 Å². The van der Waals surface area contributed by atoms with Crippen molar-refractivity contribution >= 4 is 17.3 Å². The molecule has 0 aliphatic heterocycles. The van der Waals surface area contributed by atoms with Crippen molar-refractivity contribution in [3.63, 3.8) is 0 Å². The van der Waals surface area contributed by atoms with Gasteiger partial charge in [0.1, 0.15) is 5.56 Å². The van der Waals surface area contributed by atoms with Crippen LogP contribution in [0.15, 0.2) is 24.3 Å². The van der Waals surface area contributed by atoms with Gasteiger partial charge in [0.2, 0.25) is 11.6 Å². The van der Waals surface area contributed by atoms with Gasteiger partial charge in [-0.15, -0.1) is 0 Å². The van der Waals surface area contributed by atoms with E-state index in [4.69, 9.17) is 0 Å². The highest BCUT2D eigenvalue weighted by Gasteiger charge is 2.27. The van der Waals surface area contributed by atoms with E-state index in [9.17, 15) is 19.7 Å². The van der Waals surface area contributed by atoms with Crippen LogP contribution in [0.25, 0.3) is 0 Å². The fraction of sp³-hybridized carbons (Fsp3) is 0.333. The molecule has 1 atom stereocenters. The first kappa shape index (κ1) is 13.0. The van der Waals surface area contributed by atoms with Crippen molar-refractivity contribution in [3.8, 4) is 0 Å². The minimum atomic E-state index is -0.786. The quantitative estimate of drug-likeness (QED) is 0.340. The van der Waals surface area contributed by atoms with Crippen molar-refractivity contribution in [1.29, 1.82) is 0 Å². The Labute approximate surface area is 98.6 Å². The fourth-order valence-corrected chi connectivity index (χ4v) is 1.37. The molecule has 0 amide bonds. The summed E-state index contributed by atoms with van der Waals surface area (Å²) in [5.41, 5.74) is -0.461. The molecule has 0 aliphatic carbocycles. The first-order valence-electron chi connectivity index (χ1n) is 5.31. The molecular formula is C12H13NO4. The molecule has 0 N–H and O–H groups in total. The summed E-state index contributed by atoms with van der Waals surface area (Å²) in [4.78, 5) is 33.6. The molecule has 0 bridgehead atoms. The predicted molar refractivity (Wildman–Crippen MR) is 61.9 cm³/mol. The van der Waals surface area contributed by atoms with Crippen molar-refractivity contribution in [2.24, 2.45) is 5.92 Å². The van der Waals surface area contributed by atoms with E-state index in [0.717, 1.165) is 0 Å². The second kappa shape index (κ2) is 5.34. The van der Waals surface area contributed by atoms with Gasteiger partial charge in [0.25, 0.3) is 5.69 Å². The molecular weight excluding hydrogens is 222 g/mol. The van der Waals surface area contributed by atoms with Crippen LogP contribution in [0.2, 0.25) is 0 Å². The van der Waals surface area contributed by atoms with Crippen LogP contribution in [0.5, 0.6) is 0 Å². The summed E-state index contributed by atoms with van der Waals surface area (Å²) >= 11 is 0. The molecule has 5 heteroatoms. The summed E-state index contributed by atoms with van der Waals surface area (Å²) in [6, 6.07) is 5.49. The molecule has 0 fully saturated rings. The summed E-state index contributed by atoms with van der Waals surface area (Å²) in [5.74, 6) is -1.78. The second-order valence-corrected chi connectivity index (χ2v) is 3.78. The smallest absolute Gasteiger partial charge is 0.280 e. The highest BCUT2D eigenvalue weighted by molar-refractivity contribution is 6.45. The zero-order valence-corrected chi connectivity index (χ0v) is 9.67. The van der Waals surface area contributed by atoms with Crippen LogP contribution in [-0.4, -0.2) is 16.5 Å². The van der Waals surface area contributed by atoms with E-state index in [1.807, 2.05) is 0 Å². The first-order chi connectivity index (χ1) is 7.99. The largest absolute Gasteiger partial charge is 0.290 e. The second-order valence-electron chi connectivity index (χ2n) is 3.78. The van der Waals surface area contributed by atoms with E-state index < -0.39 is 22.4 Å². The number of Topliss-reactive ketones (excluding diaryl/α,β-unsaturated/α-hetero) is 2. The topological polar surface area (TPSA) is 77.3 Å². The van der Waals surface area contributed by atoms with Crippen molar-refractivity contribution < 1.29 is 14.5 Å². The zero-order valence-electron chi connectivity index (χ0n) is 9.67. The lowest BCUT2D eigenvalue weighted by Crippen LogP contribution is -2.22. The third-order valence-corrected chi connectivity index (χ3v) is 2.63. The molecule has 0 aliphatic rings. The van der Waals surface area contributed by atoms with Gasteiger partial charge in [0.15, 0.2) is 0 Å². The van der Waals surface area contributed by atoms with Gasteiger partial charge in [0, 0.05) is 12.0 Å². The third-order valence-electron chi connectivity index (χ3n) is 2.63. The molecule has 1 aromatic rings. The SMILES string of the molecule is CCC(C)C(=O)C(=O)c1ccccc1[N+](=O)[O-]. The summed E-state index contributed by atoms with van der Waals surface area (Å²) in [7, 11) is 0. The summed E-state index contributed by atoms with van der Waals surface area (Å²) in [5, 5.41) is 10.7. The van der Waals surface area contributed by atoms with Gasteiger partial charge in [-0.3, -0.25) is 19.7 Å². The number of hydrogen-bond acceptors (Lipinski definition) is 4. The molecule has 0 saturated carbocycles. The lowest BCUT2D eigenvalue weighted by Gasteiger charge is -2.06. The number of nitro benzene ring substituents is 1. The van der Waals surface area contributed by atoms with E-state index in [1.165, 1.54) is 24.3 Å². The molecule has 0 saturated heterocycles. The molecule has 0 spiro atoms. The molecule has 0 radical (unpaired) electrons. The van der Waals surface area contributed by atoms with Gasteiger partial charge < -0.3 is 0 Å². The summed E-state index contributed by atoms with van der Waals surface area (Å²) in [6.07, 6.45) is 0.533. The van der Waals surface area contributed by atoms with Crippen LogP contribution in [0.1, 0.15) is 30.6 Å². The van der Waals surface area contributed by atoms with Crippen molar-refractivity contribution in [2.45, 2.75) is 20.3 Å². The van der Waals surface area contributed by atoms with Crippen molar-refractivity contribution in [3.05, 3.63) is 39.9 Å². The first-order valence-corrected chi connectivity index (χ1v) is 5.31. The van der Waals surface area contributed by atoms with Gasteiger partial charge >= 0.3 is 0 Å². The number of ketones is 2. The molecule has 1 unspecified atom stereocenters. The van der Waals surface area contributed by atoms with Crippen LogP contribution in [0.4, 0.5) is 5.69 Å². The predicted octanol–water partition coefficient (Wildman–Crippen LogP) is 2.39. The van der Waals surface area contributed by atoms with Gasteiger partial charge in [0.05, 0.1) is 4.92 Å². The maximum atomic E-state index is 11.8. The van der Waals surface area contributed by atoms with Gasteiger partial charge in [-0.25, -0.2) is 0 Å². The molecule has 0 heterocycles. The number of rotatable bonds is 5. The Morgan fingerprint density at radius 1 is 1.35 bits per heavy atom.